The first kappa shape index (κ1) is 21.9. The lowest BCUT2D eigenvalue weighted by Gasteiger charge is -2.15. The summed E-state index contributed by atoms with van der Waals surface area (Å²) in [6.45, 7) is 1.94. The molecule has 2 aromatic heterocycles. The third kappa shape index (κ3) is 3.87. The maximum Gasteiger partial charge on any atom is 0.461 e. The Balaban J connectivity index is 1.52. The number of hydrogen-bond acceptors (Lipinski definition) is 5. The number of halogens is 5. The monoisotopic (exact) mass is 478 g/mol. The molecule has 5 nitrogen and oxygen atoms in total. The summed E-state index contributed by atoms with van der Waals surface area (Å²) in [5.74, 6) is -6.87. The normalized spacial score (nSPS) is 21.9. The summed E-state index contributed by atoms with van der Waals surface area (Å²) >= 11 is 0.691. The number of alkyl halides is 5. The Morgan fingerprint density at radius 3 is 2.45 bits per heavy atom. The molecule has 12 heteroatoms. The average Bonchev–Trinajstić information content (AvgIpc) is 3.13. The van der Waals surface area contributed by atoms with Crippen molar-refractivity contribution in [2.45, 2.75) is 41.1 Å². The highest BCUT2D eigenvalue weighted by atomic mass is 32.2. The van der Waals surface area contributed by atoms with Gasteiger partial charge in [0.15, 0.2) is 0 Å². The van der Waals surface area contributed by atoms with E-state index in [-0.39, 0.29) is 26.2 Å². The van der Waals surface area contributed by atoms with Crippen LogP contribution in [0.25, 0.3) is 10.6 Å². The SMILES string of the molecule is C[C@]1(c2ccccc2)C[C@@H]1NS(=O)(=O)c1ccc(-c2cc(C(F)(F)C(F)(F)F)on2)s1. The number of rotatable bonds is 6. The first-order valence-electron chi connectivity index (χ1n) is 8.94. The van der Waals surface area contributed by atoms with Crippen LogP contribution in [0.15, 0.2) is 57.3 Å². The van der Waals surface area contributed by atoms with Gasteiger partial charge in [-0.1, -0.05) is 42.4 Å². The van der Waals surface area contributed by atoms with Crippen LogP contribution in [0.4, 0.5) is 22.0 Å². The van der Waals surface area contributed by atoms with Gasteiger partial charge in [-0.3, -0.25) is 0 Å². The molecule has 0 amide bonds. The van der Waals surface area contributed by atoms with E-state index < -0.39 is 27.9 Å². The van der Waals surface area contributed by atoms with E-state index in [0.29, 0.717) is 23.8 Å². The predicted octanol–water partition coefficient (Wildman–Crippen LogP) is 5.07. The van der Waals surface area contributed by atoms with Crippen molar-refractivity contribution in [3.63, 3.8) is 0 Å². The van der Waals surface area contributed by atoms with Crippen molar-refractivity contribution in [3.8, 4) is 10.6 Å². The van der Waals surface area contributed by atoms with Crippen LogP contribution < -0.4 is 4.72 Å². The molecule has 2 heterocycles. The molecule has 1 fully saturated rings. The quantitative estimate of drug-likeness (QED) is 0.503. The number of thiophene rings is 1. The maximum absolute atomic E-state index is 13.4. The van der Waals surface area contributed by atoms with E-state index in [1.165, 1.54) is 12.1 Å². The summed E-state index contributed by atoms with van der Waals surface area (Å²) in [6.07, 6.45) is -5.24. The molecule has 2 atom stereocenters. The van der Waals surface area contributed by atoms with Crippen molar-refractivity contribution >= 4 is 21.4 Å². The topological polar surface area (TPSA) is 72.2 Å². The van der Waals surface area contributed by atoms with Crippen molar-refractivity contribution < 1.29 is 34.9 Å². The smallest absolute Gasteiger partial charge is 0.354 e. The summed E-state index contributed by atoms with van der Waals surface area (Å²) in [5, 5.41) is 3.24. The number of benzene rings is 1. The fourth-order valence-electron chi connectivity index (χ4n) is 3.20. The van der Waals surface area contributed by atoms with E-state index >= 15 is 0 Å². The first-order chi connectivity index (χ1) is 14.3. The largest absolute Gasteiger partial charge is 0.461 e. The minimum absolute atomic E-state index is 0.0787. The van der Waals surface area contributed by atoms with Gasteiger partial charge in [-0.05, 0) is 24.1 Å². The molecule has 1 saturated carbocycles. The summed E-state index contributed by atoms with van der Waals surface area (Å²) in [5.41, 5.74) is 0.333. The molecule has 1 aliphatic rings. The van der Waals surface area contributed by atoms with Gasteiger partial charge in [0.1, 0.15) is 9.90 Å². The lowest BCUT2D eigenvalue weighted by atomic mass is 9.98. The van der Waals surface area contributed by atoms with Crippen LogP contribution in [-0.4, -0.2) is 25.8 Å². The third-order valence-corrected chi connectivity index (χ3v) is 8.31. The van der Waals surface area contributed by atoms with Crippen LogP contribution in [0.2, 0.25) is 0 Å². The number of sulfonamides is 1. The van der Waals surface area contributed by atoms with Crippen molar-refractivity contribution in [2.24, 2.45) is 0 Å². The summed E-state index contributed by atoms with van der Waals surface area (Å²) in [4.78, 5) is 0.0787. The number of aromatic nitrogens is 1. The molecular formula is C19H15F5N2O3S2. The number of hydrogen-bond donors (Lipinski definition) is 1. The highest BCUT2D eigenvalue weighted by Gasteiger charge is 2.61. The Kier molecular flexibility index (Phi) is 5.02. The zero-order valence-electron chi connectivity index (χ0n) is 15.8. The fraction of sp³-hybridized carbons (Fsp3) is 0.316. The molecule has 3 aromatic rings. The molecule has 0 radical (unpaired) electrons. The highest BCUT2D eigenvalue weighted by Crippen LogP contribution is 2.49. The first-order valence-corrected chi connectivity index (χ1v) is 11.2. The maximum atomic E-state index is 13.4. The lowest BCUT2D eigenvalue weighted by molar-refractivity contribution is -0.296. The Morgan fingerprint density at radius 2 is 1.81 bits per heavy atom. The molecule has 0 spiro atoms. The van der Waals surface area contributed by atoms with Gasteiger partial charge >= 0.3 is 12.1 Å². The van der Waals surface area contributed by atoms with E-state index in [0.717, 1.165) is 5.56 Å². The molecule has 0 unspecified atom stereocenters. The number of nitrogens with zero attached hydrogens (tertiary/aromatic N) is 1. The van der Waals surface area contributed by atoms with Crippen LogP contribution in [-0.2, 0) is 21.4 Å². The molecule has 166 valence electrons. The fourth-order valence-corrected chi connectivity index (χ4v) is 5.82. The van der Waals surface area contributed by atoms with Gasteiger partial charge in [0.25, 0.3) is 0 Å². The molecule has 1 N–H and O–H groups in total. The number of nitrogens with one attached hydrogen (secondary N) is 1. The Hall–Kier alpha value is -2.31. The van der Waals surface area contributed by atoms with E-state index in [4.69, 9.17) is 0 Å². The molecule has 1 aromatic carbocycles. The molecule has 0 bridgehead atoms. The zero-order valence-corrected chi connectivity index (χ0v) is 17.4. The van der Waals surface area contributed by atoms with E-state index in [1.807, 2.05) is 37.3 Å². The van der Waals surface area contributed by atoms with Gasteiger partial charge in [-0.2, -0.15) is 22.0 Å². The van der Waals surface area contributed by atoms with Gasteiger partial charge in [0.2, 0.25) is 15.8 Å². The summed E-state index contributed by atoms with van der Waals surface area (Å²) < 4.78 is 96.4. The third-order valence-electron chi connectivity index (χ3n) is 5.24. The second-order valence-electron chi connectivity index (χ2n) is 7.43. The van der Waals surface area contributed by atoms with Crippen LogP contribution in [0.1, 0.15) is 24.7 Å². The molecule has 4 rings (SSSR count). The second-order valence-corrected chi connectivity index (χ2v) is 10.5. The van der Waals surface area contributed by atoms with E-state index in [9.17, 15) is 30.4 Å². The van der Waals surface area contributed by atoms with Gasteiger partial charge in [0.05, 0.1) is 4.88 Å². The van der Waals surface area contributed by atoms with Crippen molar-refractivity contribution in [1.82, 2.24) is 9.88 Å². The summed E-state index contributed by atoms with van der Waals surface area (Å²) in [6, 6.07) is 12.1. The zero-order chi connectivity index (χ0) is 22.7. The molecular weight excluding hydrogens is 463 g/mol. The van der Waals surface area contributed by atoms with Crippen LogP contribution in [0.5, 0.6) is 0 Å². The van der Waals surface area contributed by atoms with Gasteiger partial charge in [-0.15, -0.1) is 11.3 Å². The molecule has 31 heavy (non-hydrogen) atoms. The van der Waals surface area contributed by atoms with Gasteiger partial charge in [-0.25, -0.2) is 13.1 Å². The highest BCUT2D eigenvalue weighted by molar-refractivity contribution is 7.91. The molecule has 1 aliphatic carbocycles. The van der Waals surface area contributed by atoms with Crippen molar-refractivity contribution in [1.29, 1.82) is 0 Å². The molecule has 0 saturated heterocycles. The van der Waals surface area contributed by atoms with Crippen LogP contribution >= 0.6 is 11.3 Å². The predicted molar refractivity (Wildman–Crippen MR) is 102 cm³/mol. The van der Waals surface area contributed by atoms with E-state index in [1.54, 1.807) is 0 Å². The van der Waals surface area contributed by atoms with E-state index in [2.05, 4.69) is 14.4 Å². The minimum atomic E-state index is -5.84. The Morgan fingerprint density at radius 1 is 1.13 bits per heavy atom. The van der Waals surface area contributed by atoms with Gasteiger partial charge < -0.3 is 4.52 Å². The standard InChI is InChI=1S/C19H15F5N2O3S2/c1-17(11-5-3-2-4-6-11)10-14(17)26-31(27,28)16-8-7-13(30-16)12-9-15(29-25-12)18(20,21)19(22,23)24/h2-9,14,26H,10H2,1H3/t14-,17+/m0/s1. The lowest BCUT2D eigenvalue weighted by Crippen LogP contribution is -2.33. The second kappa shape index (κ2) is 7.10. The van der Waals surface area contributed by atoms with Crippen LogP contribution in [0.3, 0.4) is 0 Å². The van der Waals surface area contributed by atoms with Crippen LogP contribution in [0, 0.1) is 0 Å². The summed E-state index contributed by atoms with van der Waals surface area (Å²) in [7, 11) is -3.93. The Labute approximate surface area is 177 Å². The molecule has 0 aliphatic heterocycles. The van der Waals surface area contributed by atoms with Crippen molar-refractivity contribution in [3.05, 3.63) is 59.9 Å². The average molecular weight is 478 g/mol. The van der Waals surface area contributed by atoms with Crippen molar-refractivity contribution in [2.75, 3.05) is 0 Å². The van der Waals surface area contributed by atoms with Gasteiger partial charge in [0, 0.05) is 17.5 Å². The minimum Gasteiger partial charge on any atom is -0.354 e. The Bertz CT molecular complexity index is 1200.